The lowest BCUT2D eigenvalue weighted by Crippen LogP contribution is -2.14. The van der Waals surface area contributed by atoms with Gasteiger partial charge in [0.05, 0.1) is 14.2 Å². The molecule has 6 heteroatoms. The van der Waals surface area contributed by atoms with E-state index in [0.29, 0.717) is 42.1 Å². The Morgan fingerprint density at radius 3 is 2.33 bits per heavy atom. The Hall–Kier alpha value is -3.02. The van der Waals surface area contributed by atoms with Crippen LogP contribution in [0.1, 0.15) is 30.9 Å². The molecule has 6 nitrogen and oxygen atoms in total. The Labute approximate surface area is 159 Å². The molecule has 2 amide bonds. The third-order valence-corrected chi connectivity index (χ3v) is 4.21. The number of hydrogen-bond acceptors (Lipinski definition) is 4. The maximum absolute atomic E-state index is 12.4. The summed E-state index contributed by atoms with van der Waals surface area (Å²) in [5.41, 5.74) is 3.29. The van der Waals surface area contributed by atoms with Crippen LogP contribution in [0.3, 0.4) is 0 Å². The minimum atomic E-state index is -0.0909. The van der Waals surface area contributed by atoms with E-state index >= 15 is 0 Å². The fourth-order valence-corrected chi connectivity index (χ4v) is 2.59. The van der Waals surface area contributed by atoms with Gasteiger partial charge in [-0.05, 0) is 48.7 Å². The molecule has 0 aliphatic heterocycles. The van der Waals surface area contributed by atoms with E-state index in [9.17, 15) is 9.59 Å². The standard InChI is InChI=1S/C21H26N2O4/c1-5-20(24)22-16-9-6-14(2)17(13-16)23-21(25)11-8-15-7-10-18(26-3)19(12-15)27-4/h6-7,9-10,12-13H,5,8,11H2,1-4H3,(H,22,24)(H,23,25). The molecule has 27 heavy (non-hydrogen) atoms. The van der Waals surface area contributed by atoms with E-state index in [1.165, 1.54) is 0 Å². The molecule has 0 aromatic heterocycles. The Morgan fingerprint density at radius 2 is 1.67 bits per heavy atom. The molecular weight excluding hydrogens is 344 g/mol. The van der Waals surface area contributed by atoms with Gasteiger partial charge in [-0.15, -0.1) is 0 Å². The first-order chi connectivity index (χ1) is 13.0. The van der Waals surface area contributed by atoms with E-state index in [4.69, 9.17) is 9.47 Å². The minimum Gasteiger partial charge on any atom is -0.493 e. The molecule has 0 saturated carbocycles. The number of amides is 2. The highest BCUT2D eigenvalue weighted by Crippen LogP contribution is 2.28. The number of anilines is 2. The topological polar surface area (TPSA) is 76.7 Å². The average Bonchev–Trinajstić information content (AvgIpc) is 2.68. The third kappa shape index (κ3) is 5.74. The second-order valence-corrected chi connectivity index (χ2v) is 6.17. The number of carbonyl (C=O) groups is 2. The summed E-state index contributed by atoms with van der Waals surface area (Å²) < 4.78 is 10.5. The zero-order chi connectivity index (χ0) is 19.8. The highest BCUT2D eigenvalue weighted by molar-refractivity contribution is 5.94. The van der Waals surface area contributed by atoms with E-state index in [0.717, 1.165) is 11.1 Å². The van der Waals surface area contributed by atoms with Crippen LogP contribution in [0, 0.1) is 6.92 Å². The number of rotatable bonds is 8. The van der Waals surface area contributed by atoms with Crippen LogP contribution in [0.25, 0.3) is 0 Å². The van der Waals surface area contributed by atoms with Gasteiger partial charge in [0.15, 0.2) is 11.5 Å². The summed E-state index contributed by atoms with van der Waals surface area (Å²) in [4.78, 5) is 23.9. The zero-order valence-corrected chi connectivity index (χ0v) is 16.2. The van der Waals surface area contributed by atoms with Crippen molar-refractivity contribution in [2.24, 2.45) is 0 Å². The number of ether oxygens (including phenoxy) is 2. The van der Waals surface area contributed by atoms with E-state index in [1.807, 2.05) is 37.3 Å². The number of methoxy groups -OCH3 is 2. The molecule has 2 aromatic carbocycles. The van der Waals surface area contributed by atoms with Gasteiger partial charge in [0, 0.05) is 24.2 Å². The number of benzene rings is 2. The molecule has 0 spiro atoms. The number of aryl methyl sites for hydroxylation is 2. The summed E-state index contributed by atoms with van der Waals surface area (Å²) >= 11 is 0. The highest BCUT2D eigenvalue weighted by atomic mass is 16.5. The van der Waals surface area contributed by atoms with Crippen molar-refractivity contribution in [2.75, 3.05) is 24.9 Å². The fourth-order valence-electron chi connectivity index (χ4n) is 2.59. The largest absolute Gasteiger partial charge is 0.493 e. The van der Waals surface area contributed by atoms with Crippen LogP contribution < -0.4 is 20.1 Å². The maximum atomic E-state index is 12.4. The lowest BCUT2D eigenvalue weighted by molar-refractivity contribution is -0.116. The van der Waals surface area contributed by atoms with Crippen molar-refractivity contribution in [1.82, 2.24) is 0 Å². The van der Waals surface area contributed by atoms with Crippen molar-refractivity contribution >= 4 is 23.2 Å². The zero-order valence-electron chi connectivity index (χ0n) is 16.2. The molecule has 0 aliphatic carbocycles. The van der Waals surface area contributed by atoms with Crippen LogP contribution in [0.4, 0.5) is 11.4 Å². The summed E-state index contributed by atoms with van der Waals surface area (Å²) in [5.74, 6) is 1.15. The van der Waals surface area contributed by atoms with Gasteiger partial charge in [-0.25, -0.2) is 0 Å². The summed E-state index contributed by atoms with van der Waals surface area (Å²) in [5, 5.41) is 5.71. The predicted molar refractivity (Wildman–Crippen MR) is 107 cm³/mol. The van der Waals surface area contributed by atoms with Gasteiger partial charge >= 0.3 is 0 Å². The fraction of sp³-hybridized carbons (Fsp3) is 0.333. The van der Waals surface area contributed by atoms with Gasteiger partial charge in [-0.2, -0.15) is 0 Å². The minimum absolute atomic E-state index is 0.0652. The van der Waals surface area contributed by atoms with Crippen LogP contribution >= 0.6 is 0 Å². The van der Waals surface area contributed by atoms with E-state index in [1.54, 1.807) is 27.2 Å². The summed E-state index contributed by atoms with van der Waals surface area (Å²) in [6.07, 6.45) is 1.32. The van der Waals surface area contributed by atoms with Crippen molar-refractivity contribution in [2.45, 2.75) is 33.1 Å². The summed E-state index contributed by atoms with van der Waals surface area (Å²) in [7, 11) is 3.17. The van der Waals surface area contributed by atoms with E-state index < -0.39 is 0 Å². The molecule has 0 atom stereocenters. The van der Waals surface area contributed by atoms with E-state index in [-0.39, 0.29) is 11.8 Å². The van der Waals surface area contributed by atoms with Gasteiger partial charge < -0.3 is 20.1 Å². The molecule has 0 bridgehead atoms. The van der Waals surface area contributed by atoms with Crippen molar-refractivity contribution < 1.29 is 19.1 Å². The number of nitrogens with one attached hydrogen (secondary N) is 2. The van der Waals surface area contributed by atoms with Crippen molar-refractivity contribution in [3.05, 3.63) is 47.5 Å². The number of hydrogen-bond donors (Lipinski definition) is 2. The second-order valence-electron chi connectivity index (χ2n) is 6.17. The Morgan fingerprint density at radius 1 is 0.926 bits per heavy atom. The van der Waals surface area contributed by atoms with Crippen LogP contribution in [0.15, 0.2) is 36.4 Å². The van der Waals surface area contributed by atoms with Crippen molar-refractivity contribution in [3.8, 4) is 11.5 Å². The average molecular weight is 370 g/mol. The van der Waals surface area contributed by atoms with Gasteiger partial charge in [0.25, 0.3) is 0 Å². The van der Waals surface area contributed by atoms with Crippen LogP contribution in [0.5, 0.6) is 11.5 Å². The second kappa shape index (κ2) is 9.62. The molecule has 144 valence electrons. The molecule has 2 aromatic rings. The molecule has 0 aliphatic rings. The molecule has 0 unspecified atom stereocenters. The number of carbonyl (C=O) groups excluding carboxylic acids is 2. The van der Waals surface area contributed by atoms with Crippen LogP contribution in [-0.4, -0.2) is 26.0 Å². The third-order valence-electron chi connectivity index (χ3n) is 4.21. The lowest BCUT2D eigenvalue weighted by Gasteiger charge is -2.12. The van der Waals surface area contributed by atoms with Crippen LogP contribution in [0.2, 0.25) is 0 Å². The normalized spacial score (nSPS) is 10.2. The van der Waals surface area contributed by atoms with Crippen LogP contribution in [-0.2, 0) is 16.0 Å². The molecule has 0 heterocycles. The Kier molecular flexibility index (Phi) is 7.23. The monoisotopic (exact) mass is 370 g/mol. The SMILES string of the molecule is CCC(=O)Nc1ccc(C)c(NC(=O)CCc2ccc(OC)c(OC)c2)c1. The van der Waals surface area contributed by atoms with Gasteiger partial charge in [0.1, 0.15) is 0 Å². The molecule has 0 radical (unpaired) electrons. The van der Waals surface area contributed by atoms with Gasteiger partial charge in [-0.1, -0.05) is 19.1 Å². The van der Waals surface area contributed by atoms with Crippen molar-refractivity contribution in [3.63, 3.8) is 0 Å². The highest BCUT2D eigenvalue weighted by Gasteiger charge is 2.09. The van der Waals surface area contributed by atoms with Gasteiger partial charge in [-0.3, -0.25) is 9.59 Å². The first-order valence-electron chi connectivity index (χ1n) is 8.88. The quantitative estimate of drug-likeness (QED) is 0.738. The first kappa shape index (κ1) is 20.3. The molecule has 0 saturated heterocycles. The molecule has 2 rings (SSSR count). The summed E-state index contributed by atoms with van der Waals surface area (Å²) in [6.45, 7) is 3.70. The Balaban J connectivity index is 1.99. The smallest absolute Gasteiger partial charge is 0.224 e. The van der Waals surface area contributed by atoms with E-state index in [2.05, 4.69) is 10.6 Å². The lowest BCUT2D eigenvalue weighted by atomic mass is 10.1. The molecule has 0 fully saturated rings. The Bertz CT molecular complexity index is 818. The van der Waals surface area contributed by atoms with Crippen molar-refractivity contribution in [1.29, 1.82) is 0 Å². The predicted octanol–water partition coefficient (Wildman–Crippen LogP) is 3.93. The molecule has 2 N–H and O–H groups in total. The molecular formula is C21H26N2O4. The maximum Gasteiger partial charge on any atom is 0.224 e. The van der Waals surface area contributed by atoms with Gasteiger partial charge in [0.2, 0.25) is 11.8 Å². The first-order valence-corrected chi connectivity index (χ1v) is 8.88. The summed E-state index contributed by atoms with van der Waals surface area (Å²) in [6, 6.07) is 11.1.